The van der Waals surface area contributed by atoms with Gasteiger partial charge in [0, 0.05) is 43.3 Å². The van der Waals surface area contributed by atoms with Crippen LogP contribution in [0.4, 0.5) is 5.69 Å². The van der Waals surface area contributed by atoms with Crippen LogP contribution in [0.2, 0.25) is 0 Å². The molecule has 1 amide bonds. The highest BCUT2D eigenvalue weighted by Gasteiger charge is 2.39. The molecule has 2 aliphatic rings. The van der Waals surface area contributed by atoms with Gasteiger partial charge in [0.15, 0.2) is 0 Å². The Hall–Kier alpha value is -2.78. The van der Waals surface area contributed by atoms with Gasteiger partial charge in [-0.1, -0.05) is 0 Å². The SMILES string of the molecule is COc1ccc(NC(=O)c2nnc3n2CC2CN(Cc4nccs4)CC2C3)cc1. The smallest absolute Gasteiger partial charge is 0.293 e. The molecule has 9 heteroatoms. The Balaban J connectivity index is 1.27. The molecule has 1 saturated heterocycles. The molecule has 150 valence electrons. The number of nitrogens with zero attached hydrogens (tertiary/aromatic N) is 5. The number of hydrogen-bond acceptors (Lipinski definition) is 7. The number of carbonyl (C=O) groups is 1. The average Bonchev–Trinajstić information content (AvgIpc) is 3.46. The first-order chi connectivity index (χ1) is 14.2. The van der Waals surface area contributed by atoms with E-state index < -0.39 is 0 Å². The van der Waals surface area contributed by atoms with Gasteiger partial charge in [-0.05, 0) is 36.1 Å². The van der Waals surface area contributed by atoms with Crippen molar-refractivity contribution in [2.45, 2.75) is 19.5 Å². The number of benzene rings is 1. The molecule has 2 aromatic heterocycles. The largest absolute Gasteiger partial charge is 0.497 e. The van der Waals surface area contributed by atoms with Crippen molar-refractivity contribution in [3.63, 3.8) is 0 Å². The van der Waals surface area contributed by atoms with E-state index in [4.69, 9.17) is 4.74 Å². The van der Waals surface area contributed by atoms with Crippen molar-refractivity contribution in [2.24, 2.45) is 11.8 Å². The van der Waals surface area contributed by atoms with Gasteiger partial charge in [-0.25, -0.2) is 4.98 Å². The Bertz CT molecular complexity index is 1000. The summed E-state index contributed by atoms with van der Waals surface area (Å²) in [5.41, 5.74) is 0.706. The number of thiazole rings is 1. The number of amides is 1. The highest BCUT2D eigenvalue weighted by molar-refractivity contribution is 7.09. The van der Waals surface area contributed by atoms with E-state index in [2.05, 4.69) is 25.4 Å². The van der Waals surface area contributed by atoms with Gasteiger partial charge in [-0.2, -0.15) is 0 Å². The van der Waals surface area contributed by atoms with Crippen molar-refractivity contribution in [1.29, 1.82) is 0 Å². The average molecular weight is 411 g/mol. The molecule has 1 aromatic carbocycles. The lowest BCUT2D eigenvalue weighted by Crippen LogP contribution is -2.31. The van der Waals surface area contributed by atoms with E-state index in [1.165, 1.54) is 0 Å². The maximum atomic E-state index is 12.8. The fraction of sp³-hybridized carbons (Fsp3) is 0.400. The summed E-state index contributed by atoms with van der Waals surface area (Å²) < 4.78 is 7.15. The highest BCUT2D eigenvalue weighted by atomic mass is 32.1. The summed E-state index contributed by atoms with van der Waals surface area (Å²) in [7, 11) is 1.62. The van der Waals surface area contributed by atoms with Crippen LogP contribution in [-0.4, -0.2) is 50.8 Å². The van der Waals surface area contributed by atoms with Gasteiger partial charge in [0.25, 0.3) is 5.91 Å². The summed E-state index contributed by atoms with van der Waals surface area (Å²) in [6.45, 7) is 3.74. The molecule has 0 spiro atoms. The lowest BCUT2D eigenvalue weighted by molar-refractivity contribution is 0.100. The number of anilines is 1. The standard InChI is InChI=1S/C20H22N6O2S/c1-28-16-4-2-15(3-5-16)22-20(27)19-24-23-17-8-13-9-25(10-14(13)11-26(17)19)12-18-21-6-7-29-18/h2-7,13-14H,8-12H2,1H3,(H,22,27). The number of carbonyl (C=O) groups excluding carboxylic acids is 1. The molecule has 8 nitrogen and oxygen atoms in total. The summed E-state index contributed by atoms with van der Waals surface area (Å²) in [5, 5.41) is 14.6. The quantitative estimate of drug-likeness (QED) is 0.695. The van der Waals surface area contributed by atoms with Gasteiger partial charge in [0.05, 0.1) is 13.7 Å². The zero-order valence-electron chi connectivity index (χ0n) is 16.1. The van der Waals surface area contributed by atoms with Crippen molar-refractivity contribution < 1.29 is 9.53 Å². The molecule has 4 heterocycles. The van der Waals surface area contributed by atoms with E-state index in [9.17, 15) is 4.79 Å². The van der Waals surface area contributed by atoms with Crippen LogP contribution in [0.25, 0.3) is 0 Å². The topological polar surface area (TPSA) is 85.2 Å². The predicted molar refractivity (Wildman–Crippen MR) is 109 cm³/mol. The molecular weight excluding hydrogens is 388 g/mol. The number of methoxy groups -OCH3 is 1. The van der Waals surface area contributed by atoms with Crippen LogP contribution < -0.4 is 10.1 Å². The van der Waals surface area contributed by atoms with Crippen LogP contribution in [0.1, 0.15) is 21.5 Å². The van der Waals surface area contributed by atoms with Crippen molar-refractivity contribution in [3.05, 3.63) is 52.5 Å². The van der Waals surface area contributed by atoms with Gasteiger partial charge in [-0.3, -0.25) is 9.69 Å². The van der Waals surface area contributed by atoms with Crippen molar-refractivity contribution in [1.82, 2.24) is 24.6 Å². The molecule has 3 aromatic rings. The molecule has 5 rings (SSSR count). The Kier molecular flexibility index (Phi) is 4.76. The van der Waals surface area contributed by atoms with E-state index in [0.717, 1.165) is 49.2 Å². The summed E-state index contributed by atoms with van der Waals surface area (Å²) in [6, 6.07) is 7.26. The molecule has 1 N–H and O–H groups in total. The normalized spacial score (nSPS) is 20.9. The number of likely N-dealkylation sites (tertiary alicyclic amines) is 1. The minimum atomic E-state index is -0.231. The van der Waals surface area contributed by atoms with E-state index in [0.29, 0.717) is 23.3 Å². The second-order valence-corrected chi connectivity index (χ2v) is 8.56. The Morgan fingerprint density at radius 3 is 2.79 bits per heavy atom. The van der Waals surface area contributed by atoms with E-state index in [-0.39, 0.29) is 5.91 Å². The van der Waals surface area contributed by atoms with Crippen molar-refractivity contribution in [3.8, 4) is 5.75 Å². The third-order valence-corrected chi connectivity index (χ3v) is 6.50. The van der Waals surface area contributed by atoms with Crippen molar-refractivity contribution >= 4 is 22.9 Å². The van der Waals surface area contributed by atoms with E-state index >= 15 is 0 Å². The van der Waals surface area contributed by atoms with Gasteiger partial charge in [-0.15, -0.1) is 21.5 Å². The molecule has 0 aliphatic carbocycles. The number of ether oxygens (including phenoxy) is 1. The summed E-state index contributed by atoms with van der Waals surface area (Å²) in [5.74, 6) is 2.87. The first-order valence-electron chi connectivity index (χ1n) is 9.68. The van der Waals surface area contributed by atoms with Gasteiger partial charge in [0.1, 0.15) is 16.6 Å². The van der Waals surface area contributed by atoms with Gasteiger partial charge < -0.3 is 14.6 Å². The minimum absolute atomic E-state index is 0.231. The number of aromatic nitrogens is 4. The second-order valence-electron chi connectivity index (χ2n) is 7.58. The zero-order valence-corrected chi connectivity index (χ0v) is 16.9. The molecule has 2 unspecified atom stereocenters. The van der Waals surface area contributed by atoms with Crippen LogP contribution in [0.5, 0.6) is 5.75 Å². The molecule has 0 saturated carbocycles. The maximum Gasteiger partial charge on any atom is 0.293 e. The fourth-order valence-electron chi connectivity index (χ4n) is 4.30. The molecule has 2 atom stereocenters. The molecular formula is C20H22N6O2S. The first kappa shape index (κ1) is 18.3. The number of rotatable bonds is 5. The summed E-state index contributed by atoms with van der Waals surface area (Å²) in [6.07, 6.45) is 2.72. The van der Waals surface area contributed by atoms with Crippen LogP contribution in [0.3, 0.4) is 0 Å². The lowest BCUT2D eigenvalue weighted by atomic mass is 9.89. The summed E-state index contributed by atoms with van der Waals surface area (Å²) in [4.78, 5) is 19.7. The molecule has 2 aliphatic heterocycles. The van der Waals surface area contributed by atoms with Crippen LogP contribution in [0, 0.1) is 11.8 Å². The first-order valence-corrected chi connectivity index (χ1v) is 10.6. The number of hydrogen-bond donors (Lipinski definition) is 1. The van der Waals surface area contributed by atoms with Crippen LogP contribution in [-0.2, 0) is 19.5 Å². The van der Waals surface area contributed by atoms with Gasteiger partial charge in [0.2, 0.25) is 5.82 Å². The second kappa shape index (κ2) is 7.57. The molecule has 0 bridgehead atoms. The maximum absolute atomic E-state index is 12.8. The molecule has 1 fully saturated rings. The lowest BCUT2D eigenvalue weighted by Gasteiger charge is -2.25. The Labute approximate surface area is 172 Å². The third kappa shape index (κ3) is 3.63. The predicted octanol–water partition coefficient (Wildman–Crippen LogP) is 2.30. The van der Waals surface area contributed by atoms with Crippen LogP contribution >= 0.6 is 11.3 Å². The Morgan fingerprint density at radius 1 is 1.21 bits per heavy atom. The number of fused-ring (bicyclic) bond motifs is 2. The molecule has 0 radical (unpaired) electrons. The Morgan fingerprint density at radius 2 is 2.03 bits per heavy atom. The summed E-state index contributed by atoms with van der Waals surface area (Å²) >= 11 is 1.70. The number of nitrogens with one attached hydrogen (secondary N) is 1. The van der Waals surface area contributed by atoms with E-state index in [1.54, 1.807) is 18.4 Å². The monoisotopic (exact) mass is 410 g/mol. The molecule has 29 heavy (non-hydrogen) atoms. The van der Waals surface area contributed by atoms with E-state index in [1.807, 2.05) is 40.4 Å². The van der Waals surface area contributed by atoms with Gasteiger partial charge >= 0.3 is 0 Å². The minimum Gasteiger partial charge on any atom is -0.497 e. The third-order valence-electron chi connectivity index (χ3n) is 5.73. The van der Waals surface area contributed by atoms with Crippen LogP contribution in [0.15, 0.2) is 35.8 Å². The fourth-order valence-corrected chi connectivity index (χ4v) is 4.96. The van der Waals surface area contributed by atoms with Crippen molar-refractivity contribution in [2.75, 3.05) is 25.5 Å². The zero-order chi connectivity index (χ0) is 19.8. The highest BCUT2D eigenvalue weighted by Crippen LogP contribution is 2.33.